The van der Waals surface area contributed by atoms with Crippen LogP contribution in [0.3, 0.4) is 0 Å². The first-order valence-corrected chi connectivity index (χ1v) is 11.0. The summed E-state index contributed by atoms with van der Waals surface area (Å²) in [5.41, 5.74) is 1.74. The van der Waals surface area contributed by atoms with Crippen LogP contribution in [0.1, 0.15) is 26.7 Å². The number of aromatic amines is 1. The Kier molecular flexibility index (Phi) is 6.68. The molecule has 0 saturated carbocycles. The minimum atomic E-state index is -0.158. The molecular weight excluding hydrogens is 378 g/mol. The quantitative estimate of drug-likeness (QED) is 0.449. The van der Waals surface area contributed by atoms with E-state index in [9.17, 15) is 9.59 Å². The Morgan fingerprint density at radius 3 is 2.56 bits per heavy atom. The molecule has 2 aromatic heterocycles. The molecule has 0 aliphatic carbocycles. The van der Waals surface area contributed by atoms with Gasteiger partial charge < -0.3 is 9.88 Å². The van der Waals surface area contributed by atoms with E-state index in [2.05, 4.69) is 23.8 Å². The number of carbonyl (C=O) groups excluding carboxylic acids is 1. The Bertz CT molecular complexity index is 960. The third-order valence-corrected chi connectivity index (χ3v) is 5.91. The zero-order valence-corrected chi connectivity index (χ0v) is 17.2. The van der Waals surface area contributed by atoms with Crippen molar-refractivity contribution in [2.45, 2.75) is 31.8 Å². The third kappa shape index (κ3) is 4.59. The summed E-state index contributed by atoms with van der Waals surface area (Å²) in [6.45, 7) is 5.66. The SMILES string of the molecule is CCCN(CCC)C(=O)CSc1nc2scc(-c3ccccc3)c2c(=O)[nH]1. The summed E-state index contributed by atoms with van der Waals surface area (Å²) >= 11 is 2.75. The molecule has 142 valence electrons. The molecule has 0 aliphatic heterocycles. The molecule has 1 aromatic carbocycles. The highest BCUT2D eigenvalue weighted by atomic mass is 32.2. The average Bonchev–Trinajstić information content (AvgIpc) is 3.11. The number of thiophene rings is 1. The number of H-pyrrole nitrogens is 1. The zero-order valence-electron chi connectivity index (χ0n) is 15.5. The van der Waals surface area contributed by atoms with Gasteiger partial charge in [-0.1, -0.05) is 55.9 Å². The topological polar surface area (TPSA) is 66.1 Å². The van der Waals surface area contributed by atoms with Gasteiger partial charge in [0.2, 0.25) is 5.91 Å². The minimum absolute atomic E-state index is 0.0857. The predicted octanol–water partition coefficient (Wildman–Crippen LogP) is 4.39. The molecule has 0 bridgehead atoms. The summed E-state index contributed by atoms with van der Waals surface area (Å²) in [5, 5.41) is 3.07. The lowest BCUT2D eigenvalue weighted by molar-refractivity contribution is -0.128. The van der Waals surface area contributed by atoms with Crippen LogP contribution in [0.25, 0.3) is 21.3 Å². The number of hydrogen-bond acceptors (Lipinski definition) is 5. The summed E-state index contributed by atoms with van der Waals surface area (Å²) in [5.74, 6) is 0.369. The zero-order chi connectivity index (χ0) is 19.2. The third-order valence-electron chi connectivity index (χ3n) is 4.18. The Balaban J connectivity index is 1.79. The van der Waals surface area contributed by atoms with E-state index in [-0.39, 0.29) is 17.2 Å². The first kappa shape index (κ1) is 19.6. The number of thioether (sulfide) groups is 1. The van der Waals surface area contributed by atoms with Gasteiger partial charge in [-0.2, -0.15) is 0 Å². The highest BCUT2D eigenvalue weighted by Gasteiger charge is 2.16. The number of fused-ring (bicyclic) bond motifs is 1. The Labute approximate surface area is 166 Å². The molecule has 0 radical (unpaired) electrons. The minimum Gasteiger partial charge on any atom is -0.342 e. The second-order valence-corrected chi connectivity index (χ2v) is 8.06. The molecule has 0 saturated heterocycles. The van der Waals surface area contributed by atoms with E-state index in [1.807, 2.05) is 40.6 Å². The molecule has 1 amide bonds. The number of amides is 1. The van der Waals surface area contributed by atoms with E-state index >= 15 is 0 Å². The first-order valence-electron chi connectivity index (χ1n) is 9.11. The molecule has 1 N–H and O–H groups in total. The fourth-order valence-corrected chi connectivity index (χ4v) is 4.72. The van der Waals surface area contributed by atoms with Gasteiger partial charge in [0.1, 0.15) is 4.83 Å². The maximum atomic E-state index is 12.6. The number of nitrogens with one attached hydrogen (secondary N) is 1. The molecule has 27 heavy (non-hydrogen) atoms. The highest BCUT2D eigenvalue weighted by molar-refractivity contribution is 7.99. The largest absolute Gasteiger partial charge is 0.342 e. The van der Waals surface area contributed by atoms with Crippen molar-refractivity contribution in [3.8, 4) is 11.1 Å². The molecule has 0 unspecified atom stereocenters. The fraction of sp³-hybridized carbons (Fsp3) is 0.350. The van der Waals surface area contributed by atoms with Gasteiger partial charge >= 0.3 is 0 Å². The summed E-state index contributed by atoms with van der Waals surface area (Å²) in [6, 6.07) is 9.83. The summed E-state index contributed by atoms with van der Waals surface area (Å²) in [6.07, 6.45) is 1.88. The van der Waals surface area contributed by atoms with Crippen molar-refractivity contribution in [1.82, 2.24) is 14.9 Å². The van der Waals surface area contributed by atoms with Gasteiger partial charge in [0.15, 0.2) is 5.16 Å². The van der Waals surface area contributed by atoms with Crippen LogP contribution in [-0.4, -0.2) is 39.6 Å². The van der Waals surface area contributed by atoms with Crippen molar-refractivity contribution in [2.75, 3.05) is 18.8 Å². The predicted molar refractivity (Wildman–Crippen MR) is 114 cm³/mol. The van der Waals surface area contributed by atoms with Crippen LogP contribution in [0.2, 0.25) is 0 Å². The van der Waals surface area contributed by atoms with E-state index in [4.69, 9.17) is 0 Å². The molecule has 2 heterocycles. The van der Waals surface area contributed by atoms with Crippen LogP contribution in [0.4, 0.5) is 0 Å². The number of carbonyl (C=O) groups is 1. The van der Waals surface area contributed by atoms with E-state index in [0.717, 1.165) is 37.1 Å². The Morgan fingerprint density at radius 1 is 1.19 bits per heavy atom. The van der Waals surface area contributed by atoms with Crippen LogP contribution in [0.15, 0.2) is 45.7 Å². The molecule has 3 aromatic rings. The van der Waals surface area contributed by atoms with Gasteiger partial charge in [-0.05, 0) is 18.4 Å². The molecule has 3 rings (SSSR count). The number of aromatic nitrogens is 2. The van der Waals surface area contributed by atoms with Gasteiger partial charge in [0.25, 0.3) is 5.56 Å². The second kappa shape index (κ2) is 9.19. The van der Waals surface area contributed by atoms with E-state index in [1.165, 1.54) is 23.1 Å². The van der Waals surface area contributed by atoms with Gasteiger partial charge in [-0.25, -0.2) is 4.98 Å². The maximum absolute atomic E-state index is 12.6. The normalized spacial score (nSPS) is 11.0. The fourth-order valence-electron chi connectivity index (χ4n) is 2.95. The van der Waals surface area contributed by atoms with Crippen LogP contribution < -0.4 is 5.56 Å². The smallest absolute Gasteiger partial charge is 0.260 e. The Hall–Kier alpha value is -2.12. The second-order valence-electron chi connectivity index (χ2n) is 6.24. The van der Waals surface area contributed by atoms with Crippen molar-refractivity contribution < 1.29 is 4.79 Å². The van der Waals surface area contributed by atoms with Gasteiger partial charge in [0.05, 0.1) is 11.1 Å². The van der Waals surface area contributed by atoms with Gasteiger partial charge in [0, 0.05) is 24.0 Å². The molecule has 0 fully saturated rings. The average molecular weight is 402 g/mol. The van der Waals surface area contributed by atoms with Crippen molar-refractivity contribution in [3.05, 3.63) is 46.1 Å². The van der Waals surface area contributed by atoms with Crippen molar-refractivity contribution in [1.29, 1.82) is 0 Å². The standard InChI is InChI=1S/C20H23N3O2S2/c1-3-10-23(11-4-2)16(24)13-27-20-21-18(25)17-15(12-26-19(17)22-20)14-8-6-5-7-9-14/h5-9,12H,3-4,10-11,13H2,1-2H3,(H,21,22,25). The van der Waals surface area contributed by atoms with Gasteiger partial charge in [-0.15, -0.1) is 11.3 Å². The molecule has 7 heteroatoms. The van der Waals surface area contributed by atoms with E-state index < -0.39 is 0 Å². The number of hydrogen-bond donors (Lipinski definition) is 1. The first-order chi connectivity index (χ1) is 13.1. The molecule has 5 nitrogen and oxygen atoms in total. The number of rotatable bonds is 8. The highest BCUT2D eigenvalue weighted by Crippen LogP contribution is 2.31. The van der Waals surface area contributed by atoms with Crippen molar-refractivity contribution >= 4 is 39.2 Å². The van der Waals surface area contributed by atoms with Crippen molar-refractivity contribution in [2.24, 2.45) is 0 Å². The lowest BCUT2D eigenvalue weighted by Crippen LogP contribution is -2.33. The van der Waals surface area contributed by atoms with E-state index in [0.29, 0.717) is 15.4 Å². The summed E-state index contributed by atoms with van der Waals surface area (Å²) in [4.78, 5) is 35.0. The summed E-state index contributed by atoms with van der Waals surface area (Å²) in [7, 11) is 0. The monoisotopic (exact) mass is 401 g/mol. The van der Waals surface area contributed by atoms with Crippen LogP contribution in [0.5, 0.6) is 0 Å². The van der Waals surface area contributed by atoms with Gasteiger partial charge in [-0.3, -0.25) is 9.59 Å². The number of nitrogens with zero attached hydrogens (tertiary/aromatic N) is 2. The van der Waals surface area contributed by atoms with Crippen LogP contribution in [-0.2, 0) is 4.79 Å². The lowest BCUT2D eigenvalue weighted by atomic mass is 10.1. The molecular formula is C20H23N3O2S2. The Morgan fingerprint density at radius 2 is 1.89 bits per heavy atom. The molecule has 0 atom stereocenters. The van der Waals surface area contributed by atoms with E-state index in [1.54, 1.807) is 0 Å². The molecule has 0 aliphatic rings. The van der Waals surface area contributed by atoms with Crippen LogP contribution >= 0.6 is 23.1 Å². The number of benzene rings is 1. The maximum Gasteiger partial charge on any atom is 0.260 e. The lowest BCUT2D eigenvalue weighted by Gasteiger charge is -2.21. The van der Waals surface area contributed by atoms with Crippen molar-refractivity contribution in [3.63, 3.8) is 0 Å². The molecule has 0 spiro atoms. The van der Waals surface area contributed by atoms with Crippen LogP contribution in [0, 0.1) is 0 Å². The summed E-state index contributed by atoms with van der Waals surface area (Å²) < 4.78 is 0.